The van der Waals surface area contributed by atoms with Gasteiger partial charge in [-0.3, -0.25) is 4.79 Å². The van der Waals surface area contributed by atoms with Gasteiger partial charge in [-0.15, -0.1) is 0 Å². The summed E-state index contributed by atoms with van der Waals surface area (Å²) in [7, 11) is -2.27. The second-order valence-electron chi connectivity index (χ2n) is 7.26. The van der Waals surface area contributed by atoms with E-state index in [1.54, 1.807) is 27.0 Å². The minimum absolute atomic E-state index is 0.0113. The van der Waals surface area contributed by atoms with Crippen molar-refractivity contribution < 1.29 is 27.8 Å². The first-order valence-electron chi connectivity index (χ1n) is 8.61. The van der Waals surface area contributed by atoms with Crippen LogP contribution in [0.3, 0.4) is 0 Å². The topological polar surface area (TPSA) is 93.1 Å². The SMILES string of the molecule is COc1cc(C)c(S(=O)(=O)N2C[C@@H]3COCC[C@]3(C(=O)O)C2)c(C)c1C. The van der Waals surface area contributed by atoms with Gasteiger partial charge in [-0.1, -0.05) is 0 Å². The van der Waals surface area contributed by atoms with Gasteiger partial charge < -0.3 is 14.6 Å². The van der Waals surface area contributed by atoms with E-state index in [2.05, 4.69) is 0 Å². The first kappa shape index (κ1) is 19.1. The molecule has 0 amide bonds. The highest BCUT2D eigenvalue weighted by Crippen LogP contribution is 2.45. The second-order valence-corrected chi connectivity index (χ2v) is 9.13. The van der Waals surface area contributed by atoms with E-state index in [0.717, 1.165) is 5.56 Å². The minimum atomic E-state index is -3.82. The highest BCUT2D eigenvalue weighted by molar-refractivity contribution is 7.89. The number of hydrogen-bond acceptors (Lipinski definition) is 5. The summed E-state index contributed by atoms with van der Waals surface area (Å²) < 4.78 is 38.8. The van der Waals surface area contributed by atoms with Gasteiger partial charge in [0, 0.05) is 25.6 Å². The van der Waals surface area contributed by atoms with Crippen LogP contribution >= 0.6 is 0 Å². The maximum absolute atomic E-state index is 13.4. The Balaban J connectivity index is 2.05. The van der Waals surface area contributed by atoms with Crippen molar-refractivity contribution in [3.63, 3.8) is 0 Å². The molecule has 3 rings (SSSR count). The van der Waals surface area contributed by atoms with Crippen LogP contribution in [-0.4, -0.2) is 57.2 Å². The predicted molar refractivity (Wildman–Crippen MR) is 95.0 cm³/mol. The van der Waals surface area contributed by atoms with E-state index in [0.29, 0.717) is 29.9 Å². The van der Waals surface area contributed by atoms with Gasteiger partial charge in [-0.05, 0) is 49.9 Å². The van der Waals surface area contributed by atoms with Crippen molar-refractivity contribution in [3.05, 3.63) is 22.8 Å². The minimum Gasteiger partial charge on any atom is -0.496 e. The molecular weight excluding hydrogens is 358 g/mol. The molecule has 144 valence electrons. The molecule has 0 saturated carbocycles. The lowest BCUT2D eigenvalue weighted by atomic mass is 9.74. The quantitative estimate of drug-likeness (QED) is 0.851. The number of carboxylic acids is 1. The van der Waals surface area contributed by atoms with Gasteiger partial charge in [0.15, 0.2) is 0 Å². The molecule has 0 aliphatic carbocycles. The first-order chi connectivity index (χ1) is 12.1. The number of aryl methyl sites for hydroxylation is 1. The van der Waals surface area contributed by atoms with Gasteiger partial charge in [0.05, 0.1) is 24.0 Å². The summed E-state index contributed by atoms with van der Waals surface area (Å²) >= 11 is 0. The predicted octanol–water partition coefficient (Wildman–Crippen LogP) is 1.73. The standard InChI is InChI=1S/C18H25NO6S/c1-11-7-15(24-4)12(2)13(3)16(11)26(22,23)19-8-14-9-25-6-5-18(14,10-19)17(20)21/h7,14H,5-6,8-10H2,1-4H3,(H,20,21)/t14-,18+/m1/s1. The fraction of sp³-hybridized carbons (Fsp3) is 0.611. The summed E-state index contributed by atoms with van der Waals surface area (Å²) in [6, 6.07) is 1.72. The van der Waals surface area contributed by atoms with Crippen molar-refractivity contribution in [2.45, 2.75) is 32.1 Å². The fourth-order valence-corrected chi connectivity index (χ4v) is 6.24. The molecule has 2 aliphatic heterocycles. The van der Waals surface area contributed by atoms with E-state index in [9.17, 15) is 18.3 Å². The molecule has 7 nitrogen and oxygen atoms in total. The third-order valence-electron chi connectivity index (χ3n) is 5.90. The van der Waals surface area contributed by atoms with Crippen LogP contribution in [0.2, 0.25) is 0 Å². The Hall–Kier alpha value is -1.64. The second kappa shape index (κ2) is 6.51. The van der Waals surface area contributed by atoms with Gasteiger partial charge in [0.2, 0.25) is 10.0 Å². The normalized spacial score (nSPS) is 26.5. The Kier molecular flexibility index (Phi) is 4.79. The Morgan fingerprint density at radius 2 is 2.04 bits per heavy atom. The first-order valence-corrected chi connectivity index (χ1v) is 10.0. The van der Waals surface area contributed by atoms with E-state index >= 15 is 0 Å². The third kappa shape index (κ3) is 2.71. The number of hydrogen-bond donors (Lipinski definition) is 1. The Labute approximate surface area is 154 Å². The zero-order valence-corrected chi connectivity index (χ0v) is 16.4. The molecule has 0 bridgehead atoms. The average Bonchev–Trinajstić information content (AvgIpc) is 3.00. The zero-order chi connectivity index (χ0) is 19.3. The summed E-state index contributed by atoms with van der Waals surface area (Å²) in [6.45, 7) is 6.09. The van der Waals surface area contributed by atoms with Gasteiger partial charge >= 0.3 is 5.97 Å². The average molecular weight is 383 g/mol. The fourth-order valence-electron chi connectivity index (χ4n) is 4.20. The van der Waals surface area contributed by atoms with Crippen LogP contribution in [0, 0.1) is 32.1 Å². The monoisotopic (exact) mass is 383 g/mol. The van der Waals surface area contributed by atoms with E-state index < -0.39 is 21.4 Å². The molecule has 2 fully saturated rings. The van der Waals surface area contributed by atoms with E-state index in [-0.39, 0.29) is 30.5 Å². The molecule has 26 heavy (non-hydrogen) atoms. The number of methoxy groups -OCH3 is 1. The van der Waals surface area contributed by atoms with Crippen molar-refractivity contribution >= 4 is 16.0 Å². The highest BCUT2D eigenvalue weighted by Gasteiger charge is 2.56. The summed E-state index contributed by atoms with van der Waals surface area (Å²) in [5.74, 6) is -0.629. The number of nitrogens with zero attached hydrogens (tertiary/aromatic N) is 1. The van der Waals surface area contributed by atoms with Crippen LogP contribution < -0.4 is 4.74 Å². The van der Waals surface area contributed by atoms with Crippen molar-refractivity contribution in [2.75, 3.05) is 33.4 Å². The Bertz CT molecular complexity index is 850. The molecular formula is C18H25NO6S. The number of aliphatic carboxylic acids is 1. The molecule has 1 aromatic carbocycles. The molecule has 2 aliphatic rings. The number of carbonyl (C=O) groups is 1. The molecule has 0 unspecified atom stereocenters. The van der Waals surface area contributed by atoms with Crippen LogP contribution in [0.1, 0.15) is 23.1 Å². The summed E-state index contributed by atoms with van der Waals surface area (Å²) in [6.07, 6.45) is 0.332. The van der Waals surface area contributed by atoms with Gasteiger partial charge in [0.1, 0.15) is 5.75 Å². The van der Waals surface area contributed by atoms with Crippen LogP contribution in [0.5, 0.6) is 5.75 Å². The zero-order valence-electron chi connectivity index (χ0n) is 15.5. The lowest BCUT2D eigenvalue weighted by Gasteiger charge is -2.34. The van der Waals surface area contributed by atoms with E-state index in [1.807, 2.05) is 6.92 Å². The summed E-state index contributed by atoms with van der Waals surface area (Å²) in [4.78, 5) is 12.2. The van der Waals surface area contributed by atoms with E-state index in [4.69, 9.17) is 9.47 Å². The van der Waals surface area contributed by atoms with Crippen LogP contribution in [0.15, 0.2) is 11.0 Å². The Morgan fingerprint density at radius 1 is 1.35 bits per heavy atom. The molecule has 1 aromatic rings. The van der Waals surface area contributed by atoms with Gasteiger partial charge in [-0.25, -0.2) is 8.42 Å². The number of rotatable bonds is 4. The van der Waals surface area contributed by atoms with Crippen molar-refractivity contribution in [2.24, 2.45) is 11.3 Å². The molecule has 2 saturated heterocycles. The number of carboxylic acid groups (broad SMARTS) is 1. The molecule has 0 radical (unpaired) electrons. The van der Waals surface area contributed by atoms with Crippen LogP contribution in [0.4, 0.5) is 0 Å². The molecule has 2 heterocycles. The van der Waals surface area contributed by atoms with E-state index in [1.165, 1.54) is 4.31 Å². The molecule has 0 spiro atoms. The maximum Gasteiger partial charge on any atom is 0.311 e. The van der Waals surface area contributed by atoms with Gasteiger partial charge in [-0.2, -0.15) is 4.31 Å². The lowest BCUT2D eigenvalue weighted by molar-refractivity contribution is -0.157. The smallest absolute Gasteiger partial charge is 0.311 e. The number of fused-ring (bicyclic) bond motifs is 1. The molecule has 8 heteroatoms. The molecule has 0 aromatic heterocycles. The Morgan fingerprint density at radius 3 is 2.62 bits per heavy atom. The summed E-state index contributed by atoms with van der Waals surface area (Å²) in [5.41, 5.74) is 0.941. The third-order valence-corrected chi connectivity index (χ3v) is 8.00. The number of sulfonamides is 1. The van der Waals surface area contributed by atoms with Crippen molar-refractivity contribution in [1.82, 2.24) is 4.31 Å². The van der Waals surface area contributed by atoms with Crippen LogP contribution in [0.25, 0.3) is 0 Å². The lowest BCUT2D eigenvalue weighted by Crippen LogP contribution is -2.45. The van der Waals surface area contributed by atoms with Gasteiger partial charge in [0.25, 0.3) is 0 Å². The van der Waals surface area contributed by atoms with Crippen molar-refractivity contribution in [1.29, 1.82) is 0 Å². The van der Waals surface area contributed by atoms with Crippen molar-refractivity contribution in [3.8, 4) is 5.75 Å². The largest absolute Gasteiger partial charge is 0.496 e. The molecule has 1 N–H and O–H groups in total. The number of ether oxygens (including phenoxy) is 2. The summed E-state index contributed by atoms with van der Waals surface area (Å²) in [5, 5.41) is 9.78. The highest BCUT2D eigenvalue weighted by atomic mass is 32.2. The number of benzene rings is 1. The van der Waals surface area contributed by atoms with Crippen LogP contribution in [-0.2, 0) is 19.6 Å². The maximum atomic E-state index is 13.4. The molecule has 2 atom stereocenters.